The van der Waals surface area contributed by atoms with Crippen LogP contribution >= 0.6 is 0 Å². The predicted octanol–water partition coefficient (Wildman–Crippen LogP) is 1.73. The van der Waals surface area contributed by atoms with E-state index in [2.05, 4.69) is 17.1 Å². The van der Waals surface area contributed by atoms with Crippen LogP contribution in [0.15, 0.2) is 0 Å². The lowest BCUT2D eigenvalue weighted by atomic mass is 10.3. The summed E-state index contributed by atoms with van der Waals surface area (Å²) in [6, 6.07) is 0. The molecule has 0 aromatic heterocycles. The van der Waals surface area contributed by atoms with Gasteiger partial charge in [0.25, 0.3) is 0 Å². The van der Waals surface area contributed by atoms with Gasteiger partial charge in [0.05, 0.1) is 0 Å². The lowest BCUT2D eigenvalue weighted by molar-refractivity contribution is 0.193. The number of rotatable bonds is 11. The Labute approximate surface area is 101 Å². The van der Waals surface area contributed by atoms with E-state index in [4.69, 9.17) is 4.74 Å². The Kier molecular flexibility index (Phi) is 7.81. The van der Waals surface area contributed by atoms with E-state index in [0.29, 0.717) is 0 Å². The molecule has 0 unspecified atom stereocenters. The van der Waals surface area contributed by atoms with E-state index in [1.165, 1.54) is 38.9 Å². The van der Waals surface area contributed by atoms with Gasteiger partial charge in [0.2, 0.25) is 0 Å². The Hall–Kier alpha value is -0.120. The van der Waals surface area contributed by atoms with Gasteiger partial charge in [-0.1, -0.05) is 6.92 Å². The molecule has 1 fully saturated rings. The predicted molar refractivity (Wildman–Crippen MR) is 68.8 cm³/mol. The van der Waals surface area contributed by atoms with Gasteiger partial charge in [-0.15, -0.1) is 0 Å². The summed E-state index contributed by atoms with van der Waals surface area (Å²) in [6.45, 7) is 9.13. The number of hydrogen-bond acceptors (Lipinski definition) is 3. The maximum atomic E-state index is 5.02. The summed E-state index contributed by atoms with van der Waals surface area (Å²) in [7, 11) is 1.76. The summed E-state index contributed by atoms with van der Waals surface area (Å²) in [4.78, 5) is 2.61. The molecule has 0 spiro atoms. The van der Waals surface area contributed by atoms with E-state index < -0.39 is 0 Å². The van der Waals surface area contributed by atoms with Crippen molar-refractivity contribution in [1.29, 1.82) is 0 Å². The topological polar surface area (TPSA) is 24.5 Å². The summed E-state index contributed by atoms with van der Waals surface area (Å²) < 4.78 is 5.02. The molecular weight excluding hydrogens is 200 g/mol. The minimum atomic E-state index is 0.869. The normalized spacial score (nSPS) is 15.9. The fraction of sp³-hybridized carbons (Fsp3) is 1.00. The zero-order valence-corrected chi connectivity index (χ0v) is 11.0. The van der Waals surface area contributed by atoms with Gasteiger partial charge in [-0.05, 0) is 44.7 Å². The van der Waals surface area contributed by atoms with Gasteiger partial charge in [-0.2, -0.15) is 0 Å². The van der Waals surface area contributed by atoms with Crippen LogP contribution in [-0.4, -0.2) is 51.3 Å². The molecule has 0 aromatic rings. The van der Waals surface area contributed by atoms with Crippen molar-refractivity contribution in [2.75, 3.05) is 46.4 Å². The Bertz CT molecular complexity index is 160. The SMILES string of the molecule is CCCN(CCNCCCOC)CC1CC1. The highest BCUT2D eigenvalue weighted by molar-refractivity contribution is 4.77. The monoisotopic (exact) mass is 228 g/mol. The Morgan fingerprint density at radius 1 is 1.25 bits per heavy atom. The van der Waals surface area contributed by atoms with Gasteiger partial charge in [0, 0.05) is 33.4 Å². The molecule has 1 aliphatic carbocycles. The van der Waals surface area contributed by atoms with Crippen LogP contribution in [0, 0.1) is 5.92 Å². The van der Waals surface area contributed by atoms with E-state index in [0.717, 1.165) is 32.0 Å². The van der Waals surface area contributed by atoms with Gasteiger partial charge in [-0.25, -0.2) is 0 Å². The third-order valence-corrected chi connectivity index (χ3v) is 3.06. The van der Waals surface area contributed by atoms with Crippen LogP contribution in [0.5, 0.6) is 0 Å². The zero-order chi connectivity index (χ0) is 11.6. The van der Waals surface area contributed by atoms with Crippen molar-refractivity contribution < 1.29 is 4.74 Å². The Morgan fingerprint density at radius 3 is 2.69 bits per heavy atom. The zero-order valence-electron chi connectivity index (χ0n) is 11.0. The number of nitrogens with one attached hydrogen (secondary N) is 1. The molecule has 16 heavy (non-hydrogen) atoms. The lowest BCUT2D eigenvalue weighted by Crippen LogP contribution is -2.34. The maximum Gasteiger partial charge on any atom is 0.0474 e. The van der Waals surface area contributed by atoms with Gasteiger partial charge in [0.1, 0.15) is 0 Å². The Balaban J connectivity index is 1.93. The molecule has 1 N–H and O–H groups in total. The van der Waals surface area contributed by atoms with Crippen molar-refractivity contribution in [2.45, 2.75) is 32.6 Å². The molecule has 0 atom stereocenters. The smallest absolute Gasteiger partial charge is 0.0474 e. The van der Waals surface area contributed by atoms with Crippen LogP contribution in [0.2, 0.25) is 0 Å². The number of ether oxygens (including phenoxy) is 1. The number of methoxy groups -OCH3 is 1. The molecule has 0 radical (unpaired) electrons. The first-order valence-electron chi connectivity index (χ1n) is 6.78. The molecule has 0 aliphatic heterocycles. The quantitative estimate of drug-likeness (QED) is 0.545. The largest absolute Gasteiger partial charge is 0.385 e. The second kappa shape index (κ2) is 8.97. The van der Waals surface area contributed by atoms with Crippen molar-refractivity contribution in [3.63, 3.8) is 0 Å². The van der Waals surface area contributed by atoms with Gasteiger partial charge < -0.3 is 15.0 Å². The molecule has 0 aromatic carbocycles. The summed E-state index contributed by atoms with van der Waals surface area (Å²) in [6.07, 6.45) is 5.31. The number of nitrogens with zero attached hydrogens (tertiary/aromatic N) is 1. The molecule has 96 valence electrons. The summed E-state index contributed by atoms with van der Waals surface area (Å²) in [5.74, 6) is 1.01. The molecule has 3 heteroatoms. The average Bonchev–Trinajstić information content (AvgIpc) is 3.07. The first-order chi connectivity index (χ1) is 7.86. The summed E-state index contributed by atoms with van der Waals surface area (Å²) in [5, 5.41) is 3.48. The molecular formula is C13H28N2O. The molecule has 0 amide bonds. The molecule has 0 saturated heterocycles. The fourth-order valence-corrected chi connectivity index (χ4v) is 1.98. The first-order valence-corrected chi connectivity index (χ1v) is 6.78. The molecule has 1 saturated carbocycles. The van der Waals surface area contributed by atoms with E-state index in [9.17, 15) is 0 Å². The number of hydrogen-bond donors (Lipinski definition) is 1. The lowest BCUT2D eigenvalue weighted by Gasteiger charge is -2.21. The third-order valence-electron chi connectivity index (χ3n) is 3.06. The van der Waals surface area contributed by atoms with E-state index >= 15 is 0 Å². The van der Waals surface area contributed by atoms with Crippen LogP contribution < -0.4 is 5.32 Å². The average molecular weight is 228 g/mol. The highest BCUT2D eigenvalue weighted by atomic mass is 16.5. The Morgan fingerprint density at radius 2 is 2.06 bits per heavy atom. The summed E-state index contributed by atoms with van der Waals surface area (Å²) >= 11 is 0. The maximum absolute atomic E-state index is 5.02. The molecule has 3 nitrogen and oxygen atoms in total. The fourth-order valence-electron chi connectivity index (χ4n) is 1.98. The van der Waals surface area contributed by atoms with Crippen LogP contribution in [0.25, 0.3) is 0 Å². The van der Waals surface area contributed by atoms with Crippen molar-refractivity contribution in [2.24, 2.45) is 5.92 Å². The molecule has 0 bridgehead atoms. The minimum absolute atomic E-state index is 0.869. The van der Waals surface area contributed by atoms with Gasteiger partial charge >= 0.3 is 0 Å². The van der Waals surface area contributed by atoms with E-state index in [-0.39, 0.29) is 0 Å². The highest BCUT2D eigenvalue weighted by Gasteiger charge is 2.23. The van der Waals surface area contributed by atoms with E-state index in [1.54, 1.807) is 7.11 Å². The minimum Gasteiger partial charge on any atom is -0.385 e. The van der Waals surface area contributed by atoms with Crippen LogP contribution in [0.1, 0.15) is 32.6 Å². The van der Waals surface area contributed by atoms with Crippen LogP contribution in [0.3, 0.4) is 0 Å². The second-order valence-electron chi connectivity index (χ2n) is 4.84. The first kappa shape index (κ1) is 13.9. The summed E-state index contributed by atoms with van der Waals surface area (Å²) in [5.41, 5.74) is 0. The molecule has 1 aliphatic rings. The highest BCUT2D eigenvalue weighted by Crippen LogP contribution is 2.29. The molecule has 1 rings (SSSR count). The van der Waals surface area contributed by atoms with Crippen molar-refractivity contribution in [1.82, 2.24) is 10.2 Å². The van der Waals surface area contributed by atoms with E-state index in [1.807, 2.05) is 0 Å². The van der Waals surface area contributed by atoms with Gasteiger partial charge in [-0.3, -0.25) is 0 Å². The second-order valence-corrected chi connectivity index (χ2v) is 4.84. The van der Waals surface area contributed by atoms with Crippen molar-refractivity contribution in [3.05, 3.63) is 0 Å². The molecule has 0 heterocycles. The standard InChI is InChI=1S/C13H28N2O/c1-3-9-15(12-13-5-6-13)10-8-14-7-4-11-16-2/h13-14H,3-12H2,1-2H3. The third kappa shape index (κ3) is 7.20. The van der Waals surface area contributed by atoms with Gasteiger partial charge in [0.15, 0.2) is 0 Å². The van der Waals surface area contributed by atoms with Crippen molar-refractivity contribution in [3.8, 4) is 0 Å². The van der Waals surface area contributed by atoms with Crippen LogP contribution in [-0.2, 0) is 4.74 Å². The van der Waals surface area contributed by atoms with Crippen LogP contribution in [0.4, 0.5) is 0 Å². The van der Waals surface area contributed by atoms with Crippen molar-refractivity contribution >= 4 is 0 Å².